The van der Waals surface area contributed by atoms with E-state index in [0.29, 0.717) is 10.8 Å². The number of benzene rings is 1. The molecular weight excluding hydrogens is 200 g/mol. The van der Waals surface area contributed by atoms with Crippen LogP contribution in [0.3, 0.4) is 0 Å². The Morgan fingerprint density at radius 2 is 2.29 bits per heavy atom. The second-order valence-electron chi connectivity index (χ2n) is 3.08. The van der Waals surface area contributed by atoms with E-state index in [0.717, 1.165) is 11.1 Å². The molecule has 14 heavy (non-hydrogen) atoms. The molecule has 0 radical (unpaired) electrons. The van der Waals surface area contributed by atoms with E-state index < -0.39 is 0 Å². The third-order valence-corrected chi connectivity index (χ3v) is 1.88. The normalized spacial score (nSPS) is 9.93. The van der Waals surface area contributed by atoms with Crippen LogP contribution in [0.15, 0.2) is 29.8 Å². The van der Waals surface area contributed by atoms with E-state index in [1.165, 1.54) is 0 Å². The van der Waals surface area contributed by atoms with E-state index in [9.17, 15) is 0 Å². The Balaban J connectivity index is 2.80. The molecule has 0 amide bonds. The maximum atomic E-state index is 9.07. The first-order chi connectivity index (χ1) is 6.63. The van der Waals surface area contributed by atoms with Crippen molar-refractivity contribution < 1.29 is 9.84 Å². The number of hydrogen-bond donors (Lipinski definition) is 1. The average Bonchev–Trinajstić information content (AvgIpc) is 2.15. The van der Waals surface area contributed by atoms with Crippen LogP contribution in [0.25, 0.3) is 0 Å². The lowest BCUT2D eigenvalue weighted by molar-refractivity contribution is 0.269. The van der Waals surface area contributed by atoms with E-state index in [-0.39, 0.29) is 13.2 Å². The van der Waals surface area contributed by atoms with Gasteiger partial charge in [-0.25, -0.2) is 0 Å². The number of aliphatic hydroxyl groups is 1. The van der Waals surface area contributed by atoms with Crippen LogP contribution in [-0.2, 0) is 6.61 Å². The van der Waals surface area contributed by atoms with Crippen molar-refractivity contribution in [1.82, 2.24) is 0 Å². The van der Waals surface area contributed by atoms with E-state index >= 15 is 0 Å². The maximum Gasteiger partial charge on any atom is 0.125 e. The summed E-state index contributed by atoms with van der Waals surface area (Å²) in [6.45, 7) is 5.71. The van der Waals surface area contributed by atoms with Crippen LogP contribution in [-0.4, -0.2) is 11.7 Å². The zero-order valence-corrected chi connectivity index (χ0v) is 8.84. The predicted octanol–water partition coefficient (Wildman–Crippen LogP) is 2.62. The van der Waals surface area contributed by atoms with Crippen LogP contribution < -0.4 is 4.74 Å². The number of ether oxygens (including phenoxy) is 1. The molecule has 3 heteroatoms. The molecule has 0 saturated heterocycles. The molecule has 0 saturated carbocycles. The molecule has 76 valence electrons. The van der Waals surface area contributed by atoms with Crippen LogP contribution >= 0.6 is 11.6 Å². The van der Waals surface area contributed by atoms with Gasteiger partial charge in [0.15, 0.2) is 0 Å². The molecule has 1 aromatic carbocycles. The monoisotopic (exact) mass is 212 g/mol. The fourth-order valence-electron chi connectivity index (χ4n) is 1.13. The standard InChI is InChI=1S/C11H13ClO2/c1-8-3-4-11(10(5-8)6-13)14-7-9(2)12/h3-5,13H,2,6-7H2,1H3. The average molecular weight is 213 g/mol. The minimum Gasteiger partial charge on any atom is -0.488 e. The molecule has 0 spiro atoms. The van der Waals surface area contributed by atoms with Crippen molar-refractivity contribution in [3.05, 3.63) is 40.9 Å². The van der Waals surface area contributed by atoms with E-state index in [1.807, 2.05) is 25.1 Å². The van der Waals surface area contributed by atoms with Gasteiger partial charge in [0.25, 0.3) is 0 Å². The van der Waals surface area contributed by atoms with Gasteiger partial charge in [0.2, 0.25) is 0 Å². The molecule has 2 nitrogen and oxygen atoms in total. The highest BCUT2D eigenvalue weighted by atomic mass is 35.5. The summed E-state index contributed by atoms with van der Waals surface area (Å²) in [5.41, 5.74) is 1.86. The van der Waals surface area contributed by atoms with Crippen LogP contribution in [0.2, 0.25) is 0 Å². The van der Waals surface area contributed by atoms with Crippen molar-refractivity contribution in [2.75, 3.05) is 6.61 Å². The van der Waals surface area contributed by atoms with Crippen LogP contribution in [0, 0.1) is 6.92 Å². The zero-order valence-electron chi connectivity index (χ0n) is 8.09. The third kappa shape index (κ3) is 3.05. The molecule has 0 bridgehead atoms. The van der Waals surface area contributed by atoms with Gasteiger partial charge in [0.1, 0.15) is 12.4 Å². The Labute approximate surface area is 88.8 Å². The molecular formula is C11H13ClO2. The predicted molar refractivity (Wildman–Crippen MR) is 57.6 cm³/mol. The molecule has 0 aliphatic carbocycles. The molecule has 1 aromatic rings. The second-order valence-corrected chi connectivity index (χ2v) is 3.61. The summed E-state index contributed by atoms with van der Waals surface area (Å²) in [5, 5.41) is 9.51. The third-order valence-electron chi connectivity index (χ3n) is 1.77. The number of halogens is 1. The molecule has 0 aliphatic heterocycles. The Bertz CT molecular complexity index is 334. The van der Waals surface area contributed by atoms with Gasteiger partial charge in [-0.05, 0) is 13.0 Å². The second kappa shape index (κ2) is 5.03. The fraction of sp³-hybridized carbons (Fsp3) is 0.273. The highest BCUT2D eigenvalue weighted by Gasteiger charge is 2.02. The molecule has 0 aliphatic rings. The van der Waals surface area contributed by atoms with Gasteiger partial charge >= 0.3 is 0 Å². The lowest BCUT2D eigenvalue weighted by Crippen LogP contribution is -2.00. The molecule has 0 atom stereocenters. The summed E-state index contributed by atoms with van der Waals surface area (Å²) >= 11 is 5.57. The van der Waals surface area contributed by atoms with E-state index in [2.05, 4.69) is 6.58 Å². The van der Waals surface area contributed by atoms with E-state index in [1.54, 1.807) is 0 Å². The van der Waals surface area contributed by atoms with Gasteiger partial charge in [0, 0.05) is 10.6 Å². The van der Waals surface area contributed by atoms with Crippen LogP contribution in [0.5, 0.6) is 5.75 Å². The largest absolute Gasteiger partial charge is 0.488 e. The minimum absolute atomic E-state index is 0.0359. The van der Waals surface area contributed by atoms with Gasteiger partial charge < -0.3 is 9.84 Å². The quantitative estimate of drug-likeness (QED) is 0.832. The Morgan fingerprint density at radius 1 is 1.57 bits per heavy atom. The Morgan fingerprint density at radius 3 is 2.86 bits per heavy atom. The van der Waals surface area contributed by atoms with E-state index in [4.69, 9.17) is 21.4 Å². The summed E-state index contributed by atoms with van der Waals surface area (Å²) in [6, 6.07) is 5.62. The van der Waals surface area contributed by atoms with Gasteiger partial charge in [-0.15, -0.1) is 0 Å². The van der Waals surface area contributed by atoms with Crippen molar-refractivity contribution in [2.24, 2.45) is 0 Å². The Kier molecular flexibility index (Phi) is 3.98. The highest BCUT2D eigenvalue weighted by Crippen LogP contribution is 2.20. The first kappa shape index (κ1) is 11.1. The first-order valence-corrected chi connectivity index (χ1v) is 4.67. The topological polar surface area (TPSA) is 29.5 Å². The minimum atomic E-state index is -0.0359. The van der Waals surface area contributed by atoms with Gasteiger partial charge in [-0.2, -0.15) is 0 Å². The van der Waals surface area contributed by atoms with Crippen molar-refractivity contribution in [3.8, 4) is 5.75 Å². The van der Waals surface area contributed by atoms with Gasteiger partial charge in [-0.1, -0.05) is 35.9 Å². The Hall–Kier alpha value is -0.990. The molecule has 0 aromatic heterocycles. The smallest absolute Gasteiger partial charge is 0.125 e. The van der Waals surface area contributed by atoms with Crippen molar-refractivity contribution >= 4 is 11.6 Å². The highest BCUT2D eigenvalue weighted by molar-refractivity contribution is 6.29. The van der Waals surface area contributed by atoms with Crippen molar-refractivity contribution in [2.45, 2.75) is 13.5 Å². The maximum absolute atomic E-state index is 9.07. The van der Waals surface area contributed by atoms with Crippen LogP contribution in [0.4, 0.5) is 0 Å². The lowest BCUT2D eigenvalue weighted by atomic mass is 10.1. The molecule has 1 rings (SSSR count). The summed E-state index contributed by atoms with van der Waals surface area (Å²) in [5.74, 6) is 0.653. The number of rotatable bonds is 4. The summed E-state index contributed by atoms with van der Waals surface area (Å²) in [6.07, 6.45) is 0. The summed E-state index contributed by atoms with van der Waals surface area (Å²) < 4.78 is 5.35. The summed E-state index contributed by atoms with van der Waals surface area (Å²) in [4.78, 5) is 0. The molecule has 0 unspecified atom stereocenters. The van der Waals surface area contributed by atoms with Gasteiger partial charge in [-0.3, -0.25) is 0 Å². The first-order valence-electron chi connectivity index (χ1n) is 4.30. The number of aryl methyl sites for hydroxylation is 1. The van der Waals surface area contributed by atoms with Crippen molar-refractivity contribution in [1.29, 1.82) is 0 Å². The summed E-state index contributed by atoms with van der Waals surface area (Å²) in [7, 11) is 0. The molecule has 0 heterocycles. The molecule has 1 N–H and O–H groups in total. The van der Waals surface area contributed by atoms with Gasteiger partial charge in [0.05, 0.1) is 6.61 Å². The number of hydrogen-bond acceptors (Lipinski definition) is 2. The zero-order chi connectivity index (χ0) is 10.6. The van der Waals surface area contributed by atoms with Crippen molar-refractivity contribution in [3.63, 3.8) is 0 Å². The molecule has 0 fully saturated rings. The SMILES string of the molecule is C=C(Cl)COc1ccc(C)cc1CO. The number of aliphatic hydroxyl groups excluding tert-OH is 1. The fourth-order valence-corrected chi connectivity index (χ4v) is 1.18. The lowest BCUT2D eigenvalue weighted by Gasteiger charge is -2.09. The van der Waals surface area contributed by atoms with Crippen LogP contribution in [0.1, 0.15) is 11.1 Å².